The van der Waals surface area contributed by atoms with Crippen LogP contribution in [0, 0.1) is 5.92 Å². The van der Waals surface area contributed by atoms with Crippen LogP contribution in [-0.2, 0) is 29.6 Å². The Morgan fingerprint density at radius 2 is 1.89 bits per heavy atom. The van der Waals surface area contributed by atoms with Gasteiger partial charge in [-0.2, -0.15) is 5.10 Å². The summed E-state index contributed by atoms with van der Waals surface area (Å²) in [6.07, 6.45) is 8.81. The molecule has 0 bridgehead atoms. The first kappa shape index (κ1) is 17.2. The van der Waals surface area contributed by atoms with E-state index < -0.39 is 5.41 Å². The van der Waals surface area contributed by atoms with Gasteiger partial charge in [-0.15, -0.1) is 0 Å². The van der Waals surface area contributed by atoms with Gasteiger partial charge in [0.05, 0.1) is 17.3 Å². The van der Waals surface area contributed by atoms with Crippen LogP contribution in [0.5, 0.6) is 0 Å². The molecule has 5 rings (SSSR count). The SMILES string of the molecule is O=C(Nc1cnn(CC2CC2)c1)C1(Cc2ccccc2)CCc2ccccc21. The van der Waals surface area contributed by atoms with Crippen molar-refractivity contribution in [2.45, 2.75) is 44.1 Å². The van der Waals surface area contributed by atoms with E-state index in [-0.39, 0.29) is 5.91 Å². The van der Waals surface area contributed by atoms with Gasteiger partial charge >= 0.3 is 0 Å². The minimum absolute atomic E-state index is 0.0762. The second kappa shape index (κ2) is 6.93. The van der Waals surface area contributed by atoms with Crippen LogP contribution >= 0.6 is 0 Å². The number of anilines is 1. The molecule has 142 valence electrons. The van der Waals surface area contributed by atoms with Crippen molar-refractivity contribution in [2.75, 3.05) is 5.32 Å². The number of carbonyl (C=O) groups excluding carboxylic acids is 1. The number of nitrogens with one attached hydrogen (secondary N) is 1. The Morgan fingerprint density at radius 3 is 2.71 bits per heavy atom. The number of carbonyl (C=O) groups is 1. The van der Waals surface area contributed by atoms with Gasteiger partial charge in [-0.25, -0.2) is 0 Å². The van der Waals surface area contributed by atoms with Crippen LogP contribution in [0.25, 0.3) is 0 Å². The summed E-state index contributed by atoms with van der Waals surface area (Å²) in [4.78, 5) is 13.6. The van der Waals surface area contributed by atoms with E-state index >= 15 is 0 Å². The molecule has 2 aliphatic carbocycles. The lowest BCUT2D eigenvalue weighted by molar-refractivity contribution is -0.121. The molecule has 3 aromatic rings. The van der Waals surface area contributed by atoms with Gasteiger partial charge in [0.1, 0.15) is 0 Å². The molecular formula is C24H25N3O. The van der Waals surface area contributed by atoms with Gasteiger partial charge in [-0.05, 0) is 54.7 Å². The van der Waals surface area contributed by atoms with Gasteiger partial charge in [0, 0.05) is 12.7 Å². The molecule has 1 fully saturated rings. The molecule has 1 atom stereocenters. The fraction of sp³-hybridized carbons (Fsp3) is 0.333. The molecule has 0 saturated heterocycles. The largest absolute Gasteiger partial charge is 0.323 e. The number of nitrogens with zero attached hydrogens (tertiary/aromatic N) is 2. The maximum absolute atomic E-state index is 13.6. The maximum atomic E-state index is 13.6. The monoisotopic (exact) mass is 371 g/mol. The predicted molar refractivity (Wildman–Crippen MR) is 110 cm³/mol. The van der Waals surface area contributed by atoms with Gasteiger partial charge in [0.15, 0.2) is 0 Å². The van der Waals surface area contributed by atoms with Crippen LogP contribution in [-0.4, -0.2) is 15.7 Å². The molecule has 0 spiro atoms. The molecular weight excluding hydrogens is 346 g/mol. The van der Waals surface area contributed by atoms with Crippen molar-refractivity contribution in [2.24, 2.45) is 5.92 Å². The molecule has 1 N–H and O–H groups in total. The van der Waals surface area contributed by atoms with Crippen LogP contribution in [0.2, 0.25) is 0 Å². The van der Waals surface area contributed by atoms with Crippen LogP contribution < -0.4 is 5.32 Å². The summed E-state index contributed by atoms with van der Waals surface area (Å²) in [6, 6.07) is 18.7. The third kappa shape index (κ3) is 3.24. The normalized spacial score (nSPS) is 20.7. The van der Waals surface area contributed by atoms with Crippen LogP contribution in [0.3, 0.4) is 0 Å². The topological polar surface area (TPSA) is 46.9 Å². The Bertz CT molecular complexity index is 990. The highest BCUT2D eigenvalue weighted by Crippen LogP contribution is 2.42. The van der Waals surface area contributed by atoms with E-state index in [9.17, 15) is 4.79 Å². The van der Waals surface area contributed by atoms with E-state index in [0.29, 0.717) is 6.42 Å². The second-order valence-corrected chi connectivity index (χ2v) is 8.25. The first-order chi connectivity index (χ1) is 13.7. The number of hydrogen-bond acceptors (Lipinski definition) is 2. The van der Waals surface area contributed by atoms with Crippen LogP contribution in [0.4, 0.5) is 5.69 Å². The molecule has 0 radical (unpaired) electrons. The molecule has 4 heteroatoms. The van der Waals surface area contributed by atoms with Crippen molar-refractivity contribution < 1.29 is 4.79 Å². The molecule has 1 heterocycles. The molecule has 2 aromatic carbocycles. The number of aryl methyl sites for hydroxylation is 1. The summed E-state index contributed by atoms with van der Waals surface area (Å²) in [6.45, 7) is 0.952. The molecule has 0 aliphatic heterocycles. The van der Waals surface area contributed by atoms with Gasteiger partial charge in [-0.1, -0.05) is 54.6 Å². The molecule has 1 amide bonds. The second-order valence-electron chi connectivity index (χ2n) is 8.25. The summed E-state index contributed by atoms with van der Waals surface area (Å²) in [5.74, 6) is 0.835. The lowest BCUT2D eigenvalue weighted by Crippen LogP contribution is -2.40. The smallest absolute Gasteiger partial charge is 0.235 e. The van der Waals surface area contributed by atoms with E-state index in [1.165, 1.54) is 29.5 Å². The summed E-state index contributed by atoms with van der Waals surface area (Å²) < 4.78 is 1.96. The Labute approximate surface area is 165 Å². The van der Waals surface area contributed by atoms with Gasteiger partial charge in [0.2, 0.25) is 5.91 Å². The van der Waals surface area contributed by atoms with E-state index in [0.717, 1.165) is 31.0 Å². The van der Waals surface area contributed by atoms with E-state index in [1.54, 1.807) is 6.20 Å². The Kier molecular flexibility index (Phi) is 4.27. The highest BCUT2D eigenvalue weighted by Gasteiger charge is 2.45. The minimum atomic E-state index is -0.531. The van der Waals surface area contributed by atoms with Crippen molar-refractivity contribution in [1.82, 2.24) is 9.78 Å². The number of fused-ring (bicyclic) bond motifs is 1. The zero-order valence-corrected chi connectivity index (χ0v) is 16.0. The molecule has 1 unspecified atom stereocenters. The maximum Gasteiger partial charge on any atom is 0.235 e. The summed E-state index contributed by atoms with van der Waals surface area (Å²) in [5, 5.41) is 7.61. The first-order valence-electron chi connectivity index (χ1n) is 10.2. The fourth-order valence-electron chi connectivity index (χ4n) is 4.48. The summed E-state index contributed by atoms with van der Waals surface area (Å²) in [7, 11) is 0. The average Bonchev–Trinajstić information content (AvgIpc) is 3.30. The van der Waals surface area contributed by atoms with E-state index in [2.05, 4.69) is 40.7 Å². The zero-order chi connectivity index (χ0) is 19.0. The molecule has 2 aliphatic rings. The lowest BCUT2D eigenvalue weighted by atomic mass is 9.75. The van der Waals surface area contributed by atoms with Crippen molar-refractivity contribution >= 4 is 11.6 Å². The van der Waals surface area contributed by atoms with Crippen molar-refractivity contribution in [3.8, 4) is 0 Å². The highest BCUT2D eigenvalue weighted by molar-refractivity contribution is 6.00. The molecule has 1 saturated carbocycles. The van der Waals surface area contributed by atoms with Crippen molar-refractivity contribution in [3.05, 3.63) is 83.7 Å². The third-order valence-corrected chi connectivity index (χ3v) is 6.17. The van der Waals surface area contributed by atoms with Gasteiger partial charge < -0.3 is 5.32 Å². The van der Waals surface area contributed by atoms with E-state index in [4.69, 9.17) is 0 Å². The number of hydrogen-bond donors (Lipinski definition) is 1. The fourth-order valence-corrected chi connectivity index (χ4v) is 4.48. The number of amides is 1. The number of rotatable bonds is 6. The van der Waals surface area contributed by atoms with Crippen LogP contribution in [0.15, 0.2) is 67.0 Å². The standard InChI is InChI=1S/C24H25N3O/c28-23(26-21-15-25-27(17-21)16-19-10-11-19)24(14-18-6-2-1-3-7-18)13-12-20-8-4-5-9-22(20)24/h1-9,15,17,19H,10-14,16H2,(H,26,28). The van der Waals surface area contributed by atoms with Gasteiger partial charge in [-0.3, -0.25) is 9.48 Å². The van der Waals surface area contributed by atoms with Crippen molar-refractivity contribution in [1.29, 1.82) is 0 Å². The highest BCUT2D eigenvalue weighted by atomic mass is 16.2. The number of aromatic nitrogens is 2. The van der Waals surface area contributed by atoms with E-state index in [1.807, 2.05) is 35.1 Å². The minimum Gasteiger partial charge on any atom is -0.323 e. The first-order valence-corrected chi connectivity index (χ1v) is 10.2. The Hall–Kier alpha value is -2.88. The summed E-state index contributed by atoms with van der Waals surface area (Å²) >= 11 is 0. The van der Waals surface area contributed by atoms with Gasteiger partial charge in [0.25, 0.3) is 0 Å². The Balaban J connectivity index is 1.44. The molecule has 1 aromatic heterocycles. The predicted octanol–water partition coefficient (Wildman–Crippen LogP) is 4.36. The summed E-state index contributed by atoms with van der Waals surface area (Å²) in [5.41, 5.74) is 3.91. The van der Waals surface area contributed by atoms with Crippen LogP contribution in [0.1, 0.15) is 36.0 Å². The Morgan fingerprint density at radius 1 is 1.11 bits per heavy atom. The third-order valence-electron chi connectivity index (χ3n) is 6.17. The van der Waals surface area contributed by atoms with Crippen molar-refractivity contribution in [3.63, 3.8) is 0 Å². The average molecular weight is 371 g/mol. The lowest BCUT2D eigenvalue weighted by Gasteiger charge is -2.29. The molecule has 4 nitrogen and oxygen atoms in total. The quantitative estimate of drug-likeness (QED) is 0.700. The molecule has 28 heavy (non-hydrogen) atoms. The zero-order valence-electron chi connectivity index (χ0n) is 16.0. The number of benzene rings is 2.